The summed E-state index contributed by atoms with van der Waals surface area (Å²) in [7, 11) is 4.30. The lowest BCUT2D eigenvalue weighted by Gasteiger charge is -2.21. The van der Waals surface area contributed by atoms with Crippen LogP contribution in [0.1, 0.15) is 48.0 Å². The van der Waals surface area contributed by atoms with E-state index < -0.39 is 0 Å². The molecule has 0 radical (unpaired) electrons. The number of thiazole rings is 2. The predicted octanol–water partition coefficient (Wildman–Crippen LogP) is 9.27. The normalized spacial score (nSPS) is 11.0. The highest BCUT2D eigenvalue weighted by atomic mass is 32.1. The molecule has 0 aliphatic carbocycles. The number of azo groups is 2. The highest BCUT2D eigenvalue weighted by Crippen LogP contribution is 2.24. The minimum atomic E-state index is 0. The van der Waals surface area contributed by atoms with Crippen LogP contribution < -0.4 is 18.9 Å². The van der Waals surface area contributed by atoms with Crippen LogP contribution in [0, 0.1) is 0 Å². The molecule has 4 rings (SSSR count). The summed E-state index contributed by atoms with van der Waals surface area (Å²) in [4.78, 5) is 4.61. The topological polar surface area (TPSA) is 63.7 Å². The average Bonchev–Trinajstić information content (AvgIpc) is 3.64. The van der Waals surface area contributed by atoms with Gasteiger partial charge in [-0.05, 0) is 115 Å². The standard InChI is InChI=1S/C29H38N8S2.2CH4/c1-5-36-20-22-38-28(36)32-30-24-10-14-26(15-11-24)34(3)18-8-7-9-19-35(4)27-16-12-25(13-17-27)31-33-29-37(6-2)21-23-39-29;;/h10-17,20-23H,5-9,18-19H2,1-4H3;2*1H4/q+2;;. The van der Waals surface area contributed by atoms with E-state index in [0.717, 1.165) is 60.7 Å². The van der Waals surface area contributed by atoms with Crippen LogP contribution in [-0.2, 0) is 13.1 Å². The van der Waals surface area contributed by atoms with E-state index in [1.807, 2.05) is 47.4 Å². The Hall–Kier alpha value is -3.50. The molecule has 0 unspecified atom stereocenters. The van der Waals surface area contributed by atoms with E-state index in [0.29, 0.717) is 0 Å². The SMILES string of the molecule is C.C.CC[n+]1ccsc1N=Nc1ccc(N(C)CCCCCN(C)c2ccc(N=Nc3scc[n+]3CC)cc2)cc1. The maximum absolute atomic E-state index is 4.40. The van der Waals surface area contributed by atoms with Crippen molar-refractivity contribution in [3.63, 3.8) is 0 Å². The molecule has 0 aliphatic rings. The number of hydrogen-bond acceptors (Lipinski definition) is 8. The average molecular weight is 595 g/mol. The summed E-state index contributed by atoms with van der Waals surface area (Å²) < 4.78 is 4.18. The summed E-state index contributed by atoms with van der Waals surface area (Å²) in [5.74, 6) is 0. The molecule has 2 aromatic heterocycles. The zero-order valence-electron chi connectivity index (χ0n) is 23.3. The number of rotatable bonds is 14. The second-order valence-electron chi connectivity index (χ2n) is 9.28. The van der Waals surface area contributed by atoms with Crippen molar-refractivity contribution in [3.8, 4) is 0 Å². The Balaban J connectivity index is 0.00000294. The summed E-state index contributed by atoms with van der Waals surface area (Å²) in [6.07, 6.45) is 7.57. The quantitative estimate of drug-likeness (QED) is 0.0830. The van der Waals surface area contributed by atoms with E-state index >= 15 is 0 Å². The number of unbranched alkanes of at least 4 members (excludes halogenated alkanes) is 2. The fraction of sp³-hybridized carbons (Fsp3) is 0.419. The third-order valence-corrected chi connectivity index (χ3v) is 8.14. The van der Waals surface area contributed by atoms with Crippen LogP contribution in [-0.4, -0.2) is 27.2 Å². The molecule has 8 nitrogen and oxygen atoms in total. The molecule has 0 amide bonds. The number of anilines is 2. The van der Waals surface area contributed by atoms with Crippen molar-refractivity contribution in [2.24, 2.45) is 20.5 Å². The molecule has 0 spiro atoms. The van der Waals surface area contributed by atoms with Crippen LogP contribution in [0.3, 0.4) is 0 Å². The van der Waals surface area contributed by atoms with Gasteiger partial charge in [-0.1, -0.05) is 14.9 Å². The number of nitrogens with zero attached hydrogens (tertiary/aromatic N) is 8. The van der Waals surface area contributed by atoms with Crippen LogP contribution in [0.25, 0.3) is 0 Å². The van der Waals surface area contributed by atoms with Crippen molar-refractivity contribution in [2.45, 2.75) is 61.1 Å². The van der Waals surface area contributed by atoms with Gasteiger partial charge in [0.2, 0.25) is 0 Å². The molecule has 0 saturated heterocycles. The van der Waals surface area contributed by atoms with Gasteiger partial charge in [0.1, 0.15) is 23.8 Å². The van der Waals surface area contributed by atoms with Gasteiger partial charge in [-0.3, -0.25) is 0 Å². The molecule has 220 valence electrons. The highest BCUT2D eigenvalue weighted by molar-refractivity contribution is 7.13. The molecule has 41 heavy (non-hydrogen) atoms. The third-order valence-electron chi connectivity index (χ3n) is 6.57. The molecule has 0 bridgehead atoms. The van der Waals surface area contributed by atoms with E-state index in [4.69, 9.17) is 0 Å². The van der Waals surface area contributed by atoms with Crippen molar-refractivity contribution in [1.29, 1.82) is 0 Å². The Bertz CT molecular complexity index is 1240. The third kappa shape index (κ3) is 9.82. The van der Waals surface area contributed by atoms with Gasteiger partial charge < -0.3 is 9.80 Å². The lowest BCUT2D eigenvalue weighted by molar-refractivity contribution is -0.677. The molecule has 0 N–H and O–H groups in total. The molecular formula is C31H46N8S2+2. The van der Waals surface area contributed by atoms with Crippen LogP contribution in [0.2, 0.25) is 0 Å². The van der Waals surface area contributed by atoms with Crippen molar-refractivity contribution in [3.05, 3.63) is 71.7 Å². The molecule has 0 fully saturated rings. The van der Waals surface area contributed by atoms with E-state index in [2.05, 4.69) is 91.6 Å². The lowest BCUT2D eigenvalue weighted by atomic mass is 10.2. The number of aryl methyl sites for hydroxylation is 2. The Morgan fingerprint density at radius 1 is 0.585 bits per heavy atom. The first-order valence-electron chi connectivity index (χ1n) is 13.5. The molecule has 0 atom stereocenters. The summed E-state index contributed by atoms with van der Waals surface area (Å²) >= 11 is 3.20. The Morgan fingerprint density at radius 2 is 0.976 bits per heavy atom. The van der Waals surface area contributed by atoms with Gasteiger partial charge in [0.25, 0.3) is 0 Å². The molecule has 10 heteroatoms. The van der Waals surface area contributed by atoms with Crippen LogP contribution in [0.15, 0.2) is 92.1 Å². The Labute approximate surface area is 254 Å². The van der Waals surface area contributed by atoms with Gasteiger partial charge in [-0.2, -0.15) is 0 Å². The van der Waals surface area contributed by atoms with E-state index in [-0.39, 0.29) is 14.9 Å². The molecular weight excluding hydrogens is 549 g/mol. The zero-order valence-corrected chi connectivity index (χ0v) is 24.9. The first-order chi connectivity index (χ1) is 19.1. The van der Waals surface area contributed by atoms with Crippen LogP contribution in [0.4, 0.5) is 33.0 Å². The van der Waals surface area contributed by atoms with Crippen LogP contribution in [0.5, 0.6) is 0 Å². The van der Waals surface area contributed by atoms with Gasteiger partial charge in [0.15, 0.2) is 0 Å². The minimum absolute atomic E-state index is 0. The zero-order chi connectivity index (χ0) is 27.5. The number of hydrogen-bond donors (Lipinski definition) is 0. The van der Waals surface area contributed by atoms with Gasteiger partial charge in [0, 0.05) is 49.3 Å². The highest BCUT2D eigenvalue weighted by Gasteiger charge is 2.11. The van der Waals surface area contributed by atoms with Crippen molar-refractivity contribution < 1.29 is 9.13 Å². The molecule has 0 aliphatic heterocycles. The monoisotopic (exact) mass is 594 g/mol. The fourth-order valence-electron chi connectivity index (χ4n) is 4.12. The summed E-state index contributed by atoms with van der Waals surface area (Å²) in [5, 5.41) is 23.5. The second-order valence-corrected chi connectivity index (χ2v) is 11.0. The first kappa shape index (κ1) is 33.7. The Morgan fingerprint density at radius 3 is 1.34 bits per heavy atom. The fourth-order valence-corrected chi connectivity index (χ4v) is 5.60. The van der Waals surface area contributed by atoms with E-state index in [1.54, 1.807) is 22.7 Å². The second kappa shape index (κ2) is 17.3. The van der Waals surface area contributed by atoms with E-state index in [9.17, 15) is 0 Å². The lowest BCUT2D eigenvalue weighted by Crippen LogP contribution is -2.28. The number of aromatic nitrogens is 2. The van der Waals surface area contributed by atoms with Crippen molar-refractivity contribution in [2.75, 3.05) is 37.0 Å². The first-order valence-corrected chi connectivity index (χ1v) is 15.2. The summed E-state index contributed by atoms with van der Waals surface area (Å²) in [6.45, 7) is 8.06. The molecule has 2 aromatic carbocycles. The maximum Gasteiger partial charge on any atom is 0.408 e. The van der Waals surface area contributed by atoms with E-state index in [1.165, 1.54) is 17.8 Å². The van der Waals surface area contributed by atoms with Crippen molar-refractivity contribution >= 4 is 55.7 Å². The van der Waals surface area contributed by atoms with Crippen LogP contribution >= 0.6 is 22.7 Å². The maximum atomic E-state index is 4.40. The smallest absolute Gasteiger partial charge is 0.375 e. The Kier molecular flexibility index (Phi) is 14.3. The molecule has 4 aromatic rings. The van der Waals surface area contributed by atoms with Gasteiger partial charge in [-0.15, -0.1) is 0 Å². The summed E-state index contributed by atoms with van der Waals surface area (Å²) in [6, 6.07) is 16.6. The number of benzene rings is 2. The molecule has 2 heterocycles. The van der Waals surface area contributed by atoms with Gasteiger partial charge >= 0.3 is 10.3 Å². The largest absolute Gasteiger partial charge is 0.408 e. The van der Waals surface area contributed by atoms with Crippen molar-refractivity contribution in [1.82, 2.24) is 0 Å². The van der Waals surface area contributed by atoms with Gasteiger partial charge in [-0.25, -0.2) is 9.13 Å². The summed E-state index contributed by atoms with van der Waals surface area (Å²) in [5.41, 5.74) is 4.14. The predicted molar refractivity (Wildman–Crippen MR) is 175 cm³/mol. The minimum Gasteiger partial charge on any atom is -0.375 e. The molecule has 0 saturated carbocycles. The van der Waals surface area contributed by atoms with Gasteiger partial charge in [0.05, 0.1) is 23.3 Å².